The van der Waals surface area contributed by atoms with E-state index in [4.69, 9.17) is 5.73 Å². The van der Waals surface area contributed by atoms with Gasteiger partial charge in [0.15, 0.2) is 0 Å². The number of amides is 1. The molecule has 0 radical (unpaired) electrons. The minimum absolute atomic E-state index is 0.0310. The van der Waals surface area contributed by atoms with E-state index in [9.17, 15) is 4.79 Å². The van der Waals surface area contributed by atoms with E-state index in [0.717, 1.165) is 24.8 Å². The van der Waals surface area contributed by atoms with E-state index in [-0.39, 0.29) is 11.9 Å². The molecule has 3 nitrogen and oxygen atoms in total. The molecule has 0 rings (SSSR count). The summed E-state index contributed by atoms with van der Waals surface area (Å²) in [4.78, 5) is 11.3. The third-order valence-corrected chi connectivity index (χ3v) is 1.96. The summed E-state index contributed by atoms with van der Waals surface area (Å²) in [5.41, 5.74) is 6.57. The Labute approximate surface area is 86.8 Å². The fraction of sp³-hybridized carbons (Fsp3) is 0.727. The molecule has 0 aromatic heterocycles. The molecule has 0 saturated carbocycles. The second-order valence-electron chi connectivity index (χ2n) is 3.81. The average molecular weight is 198 g/mol. The zero-order valence-electron chi connectivity index (χ0n) is 9.47. The van der Waals surface area contributed by atoms with Crippen LogP contribution in [0, 0.1) is 0 Å². The number of carbonyl (C=O) groups is 1. The Morgan fingerprint density at radius 2 is 2.14 bits per heavy atom. The third kappa shape index (κ3) is 6.66. The second-order valence-corrected chi connectivity index (χ2v) is 3.81. The van der Waals surface area contributed by atoms with Gasteiger partial charge in [-0.1, -0.05) is 25.3 Å². The lowest BCUT2D eigenvalue weighted by Crippen LogP contribution is -2.39. The van der Waals surface area contributed by atoms with Crippen molar-refractivity contribution >= 4 is 5.91 Å². The first-order valence-electron chi connectivity index (χ1n) is 5.25. The molecule has 1 unspecified atom stereocenters. The number of allylic oxidation sites excluding steroid dienone is 1. The van der Waals surface area contributed by atoms with Gasteiger partial charge in [-0.15, -0.1) is 0 Å². The Balaban J connectivity index is 3.92. The SMILES string of the molecule is CCCCC(CN)NC(=O)C=C(C)C. The van der Waals surface area contributed by atoms with Crippen LogP contribution in [0.5, 0.6) is 0 Å². The van der Waals surface area contributed by atoms with Crippen LogP contribution in [-0.2, 0) is 4.79 Å². The first kappa shape index (κ1) is 13.2. The predicted molar refractivity (Wildman–Crippen MR) is 59.9 cm³/mol. The van der Waals surface area contributed by atoms with Gasteiger partial charge in [0, 0.05) is 18.7 Å². The highest BCUT2D eigenvalue weighted by atomic mass is 16.1. The van der Waals surface area contributed by atoms with E-state index in [1.165, 1.54) is 0 Å². The summed E-state index contributed by atoms with van der Waals surface area (Å²) < 4.78 is 0. The number of hydrogen-bond donors (Lipinski definition) is 2. The van der Waals surface area contributed by atoms with Gasteiger partial charge >= 0.3 is 0 Å². The highest BCUT2D eigenvalue weighted by Gasteiger charge is 2.07. The van der Waals surface area contributed by atoms with Gasteiger partial charge < -0.3 is 11.1 Å². The molecular weight excluding hydrogens is 176 g/mol. The van der Waals surface area contributed by atoms with Crippen LogP contribution in [0.1, 0.15) is 40.0 Å². The van der Waals surface area contributed by atoms with E-state index in [0.29, 0.717) is 6.54 Å². The summed E-state index contributed by atoms with van der Waals surface area (Å²) in [6, 6.07) is 0.123. The summed E-state index contributed by atoms with van der Waals surface area (Å²) in [5, 5.41) is 2.89. The topological polar surface area (TPSA) is 55.1 Å². The molecule has 1 atom stereocenters. The van der Waals surface area contributed by atoms with Crippen LogP contribution in [0.2, 0.25) is 0 Å². The molecular formula is C11H22N2O. The van der Waals surface area contributed by atoms with Crippen molar-refractivity contribution in [2.45, 2.75) is 46.1 Å². The molecule has 0 aliphatic rings. The lowest BCUT2D eigenvalue weighted by Gasteiger charge is -2.15. The number of rotatable bonds is 6. The Morgan fingerprint density at radius 3 is 2.57 bits per heavy atom. The number of nitrogens with two attached hydrogens (primary N) is 1. The summed E-state index contributed by atoms with van der Waals surface area (Å²) in [7, 11) is 0. The van der Waals surface area contributed by atoms with E-state index < -0.39 is 0 Å². The quantitative estimate of drug-likeness (QED) is 0.637. The maximum atomic E-state index is 11.3. The molecule has 0 aliphatic heterocycles. The first-order valence-corrected chi connectivity index (χ1v) is 5.25. The largest absolute Gasteiger partial charge is 0.349 e. The molecule has 1 amide bonds. The van der Waals surface area contributed by atoms with Gasteiger partial charge in [0.2, 0.25) is 5.91 Å². The van der Waals surface area contributed by atoms with Crippen LogP contribution in [0.4, 0.5) is 0 Å². The molecule has 14 heavy (non-hydrogen) atoms. The molecule has 0 spiro atoms. The van der Waals surface area contributed by atoms with E-state index in [1.807, 2.05) is 13.8 Å². The number of carbonyl (C=O) groups excluding carboxylic acids is 1. The van der Waals surface area contributed by atoms with Gasteiger partial charge in [-0.05, 0) is 20.3 Å². The number of hydrogen-bond acceptors (Lipinski definition) is 2. The summed E-state index contributed by atoms with van der Waals surface area (Å²) >= 11 is 0. The average Bonchev–Trinajstić information content (AvgIpc) is 2.10. The molecule has 0 bridgehead atoms. The highest BCUT2D eigenvalue weighted by molar-refractivity contribution is 5.88. The van der Waals surface area contributed by atoms with Crippen molar-refractivity contribution in [3.63, 3.8) is 0 Å². The zero-order chi connectivity index (χ0) is 11.0. The Hall–Kier alpha value is -0.830. The zero-order valence-corrected chi connectivity index (χ0v) is 9.47. The molecule has 0 aromatic carbocycles. The second kappa shape index (κ2) is 7.56. The Kier molecular flexibility index (Phi) is 7.11. The van der Waals surface area contributed by atoms with Crippen LogP contribution >= 0.6 is 0 Å². The maximum Gasteiger partial charge on any atom is 0.244 e. The highest BCUT2D eigenvalue weighted by Crippen LogP contribution is 1.99. The van der Waals surface area contributed by atoms with Gasteiger partial charge in [0.25, 0.3) is 0 Å². The van der Waals surface area contributed by atoms with Crippen LogP contribution in [-0.4, -0.2) is 18.5 Å². The summed E-state index contributed by atoms with van der Waals surface area (Å²) in [6.45, 7) is 6.46. The number of nitrogens with one attached hydrogen (secondary N) is 1. The van der Waals surface area contributed by atoms with Gasteiger partial charge in [0.05, 0.1) is 0 Å². The van der Waals surface area contributed by atoms with Gasteiger partial charge in [-0.25, -0.2) is 0 Å². The molecule has 3 N–H and O–H groups in total. The molecule has 0 aliphatic carbocycles. The van der Waals surface area contributed by atoms with Crippen molar-refractivity contribution in [1.82, 2.24) is 5.32 Å². The summed E-state index contributed by atoms with van der Waals surface area (Å²) in [6.07, 6.45) is 4.82. The Morgan fingerprint density at radius 1 is 1.50 bits per heavy atom. The van der Waals surface area contributed by atoms with Crippen molar-refractivity contribution in [3.8, 4) is 0 Å². The predicted octanol–water partition coefficient (Wildman–Crippen LogP) is 1.59. The van der Waals surface area contributed by atoms with Crippen LogP contribution in [0.15, 0.2) is 11.6 Å². The smallest absolute Gasteiger partial charge is 0.244 e. The van der Waals surface area contributed by atoms with Crippen molar-refractivity contribution < 1.29 is 4.79 Å². The number of unbranched alkanes of at least 4 members (excludes halogenated alkanes) is 1. The minimum Gasteiger partial charge on any atom is -0.349 e. The molecule has 0 fully saturated rings. The van der Waals surface area contributed by atoms with E-state index in [1.54, 1.807) is 6.08 Å². The third-order valence-electron chi connectivity index (χ3n) is 1.96. The van der Waals surface area contributed by atoms with Gasteiger partial charge in [0.1, 0.15) is 0 Å². The van der Waals surface area contributed by atoms with Crippen LogP contribution in [0.3, 0.4) is 0 Å². The summed E-state index contributed by atoms with van der Waals surface area (Å²) in [5.74, 6) is -0.0310. The molecule has 3 heteroatoms. The molecule has 0 saturated heterocycles. The molecule has 82 valence electrons. The van der Waals surface area contributed by atoms with Crippen molar-refractivity contribution in [2.24, 2.45) is 5.73 Å². The Bertz CT molecular complexity index is 195. The van der Waals surface area contributed by atoms with Crippen molar-refractivity contribution in [3.05, 3.63) is 11.6 Å². The lowest BCUT2D eigenvalue weighted by atomic mass is 10.1. The van der Waals surface area contributed by atoms with Crippen LogP contribution in [0.25, 0.3) is 0 Å². The fourth-order valence-corrected chi connectivity index (χ4v) is 1.20. The van der Waals surface area contributed by atoms with E-state index >= 15 is 0 Å². The van der Waals surface area contributed by atoms with Crippen molar-refractivity contribution in [2.75, 3.05) is 6.54 Å². The van der Waals surface area contributed by atoms with Gasteiger partial charge in [-0.2, -0.15) is 0 Å². The van der Waals surface area contributed by atoms with Crippen LogP contribution < -0.4 is 11.1 Å². The first-order chi connectivity index (χ1) is 6.60. The normalized spacial score (nSPS) is 12.0. The van der Waals surface area contributed by atoms with Crippen molar-refractivity contribution in [1.29, 1.82) is 0 Å². The molecule has 0 heterocycles. The van der Waals surface area contributed by atoms with Gasteiger partial charge in [-0.3, -0.25) is 4.79 Å². The van der Waals surface area contributed by atoms with E-state index in [2.05, 4.69) is 12.2 Å². The monoisotopic (exact) mass is 198 g/mol. The standard InChI is InChI=1S/C11H22N2O/c1-4-5-6-10(8-12)13-11(14)7-9(2)3/h7,10H,4-6,8,12H2,1-3H3,(H,13,14). The fourth-order valence-electron chi connectivity index (χ4n) is 1.20. The minimum atomic E-state index is -0.0310. The maximum absolute atomic E-state index is 11.3. The molecule has 0 aromatic rings. The lowest BCUT2D eigenvalue weighted by molar-refractivity contribution is -0.117.